The number of hydrogen-bond acceptors (Lipinski definition) is 4. The lowest BCUT2D eigenvalue weighted by atomic mass is 10.1. The van der Waals surface area contributed by atoms with Crippen LogP contribution in [0.3, 0.4) is 0 Å². The van der Waals surface area contributed by atoms with E-state index in [1.54, 1.807) is 25.1 Å². The van der Waals surface area contributed by atoms with E-state index in [-0.39, 0.29) is 5.76 Å². The molecular weight excluding hydrogens is 372 g/mol. The first-order valence-electron chi connectivity index (χ1n) is 7.29. The van der Waals surface area contributed by atoms with Crippen molar-refractivity contribution in [1.29, 1.82) is 0 Å². The van der Waals surface area contributed by atoms with Crippen molar-refractivity contribution in [3.8, 4) is 11.3 Å². The van der Waals surface area contributed by atoms with Crippen LogP contribution in [-0.4, -0.2) is 12.1 Å². The van der Waals surface area contributed by atoms with Crippen molar-refractivity contribution < 1.29 is 13.6 Å². The van der Waals surface area contributed by atoms with Gasteiger partial charge in [0.25, 0.3) is 0 Å². The summed E-state index contributed by atoms with van der Waals surface area (Å²) in [6.07, 6.45) is 1.44. The van der Waals surface area contributed by atoms with Gasteiger partial charge in [0.1, 0.15) is 17.3 Å². The minimum Gasteiger partial charge on any atom is -0.456 e. The lowest BCUT2D eigenvalue weighted by Crippen LogP contribution is -2.16. The van der Waals surface area contributed by atoms with E-state index >= 15 is 0 Å². The third kappa shape index (κ3) is 3.65. The van der Waals surface area contributed by atoms with Gasteiger partial charge in [-0.2, -0.15) is 5.10 Å². The summed E-state index contributed by atoms with van der Waals surface area (Å²) in [5, 5.41) is 3.88. The highest BCUT2D eigenvalue weighted by Gasteiger charge is 2.09. The Labute approximate surface area is 147 Å². The van der Waals surface area contributed by atoms with Gasteiger partial charge in [-0.1, -0.05) is 28.1 Å². The molecular formula is C18H15BrN2O3. The number of halogens is 1. The van der Waals surface area contributed by atoms with Gasteiger partial charge in [-0.05, 0) is 49.7 Å². The van der Waals surface area contributed by atoms with Crippen LogP contribution in [0.1, 0.15) is 27.6 Å². The molecule has 6 heteroatoms. The number of hydrogen-bond donors (Lipinski definition) is 1. The molecule has 3 aromatic rings. The molecule has 0 radical (unpaired) electrons. The second-order valence-electron chi connectivity index (χ2n) is 5.28. The molecule has 5 nitrogen and oxygen atoms in total. The number of furan rings is 2. The van der Waals surface area contributed by atoms with Crippen molar-refractivity contribution in [2.75, 3.05) is 0 Å². The van der Waals surface area contributed by atoms with Gasteiger partial charge >= 0.3 is 5.91 Å². The molecule has 24 heavy (non-hydrogen) atoms. The Morgan fingerprint density at radius 3 is 2.67 bits per heavy atom. The smallest absolute Gasteiger partial charge is 0.307 e. The molecule has 1 amide bonds. The molecule has 1 aromatic carbocycles. The predicted molar refractivity (Wildman–Crippen MR) is 95.1 cm³/mol. The van der Waals surface area contributed by atoms with E-state index in [2.05, 4.69) is 26.5 Å². The van der Waals surface area contributed by atoms with Gasteiger partial charge in [0.2, 0.25) is 0 Å². The monoisotopic (exact) mass is 386 g/mol. The molecule has 122 valence electrons. The number of carbonyl (C=O) groups excluding carboxylic acids is 1. The van der Waals surface area contributed by atoms with Gasteiger partial charge in [0.05, 0.1) is 6.21 Å². The summed E-state index contributed by atoms with van der Waals surface area (Å²) in [4.78, 5) is 11.8. The van der Waals surface area contributed by atoms with Crippen LogP contribution in [0.15, 0.2) is 60.9 Å². The zero-order valence-corrected chi connectivity index (χ0v) is 14.8. The lowest BCUT2D eigenvalue weighted by Gasteiger charge is -2.01. The molecule has 0 bridgehead atoms. The highest BCUT2D eigenvalue weighted by molar-refractivity contribution is 9.10. The van der Waals surface area contributed by atoms with Crippen molar-refractivity contribution in [1.82, 2.24) is 5.43 Å². The fourth-order valence-corrected chi connectivity index (χ4v) is 2.47. The molecule has 0 aliphatic carbocycles. The third-order valence-electron chi connectivity index (χ3n) is 3.41. The van der Waals surface area contributed by atoms with E-state index in [9.17, 15) is 4.79 Å². The minimum atomic E-state index is -0.409. The fourth-order valence-electron chi connectivity index (χ4n) is 2.09. The van der Waals surface area contributed by atoms with Crippen molar-refractivity contribution in [3.63, 3.8) is 0 Å². The van der Waals surface area contributed by atoms with Crippen molar-refractivity contribution in [2.24, 2.45) is 5.10 Å². The first kappa shape index (κ1) is 16.3. The maximum atomic E-state index is 11.8. The summed E-state index contributed by atoms with van der Waals surface area (Å²) in [5.41, 5.74) is 4.51. The lowest BCUT2D eigenvalue weighted by molar-refractivity contribution is 0.0926. The molecule has 3 rings (SSSR count). The number of benzene rings is 1. The van der Waals surface area contributed by atoms with Crippen LogP contribution in [-0.2, 0) is 0 Å². The maximum absolute atomic E-state index is 11.8. The Kier molecular flexibility index (Phi) is 4.66. The molecule has 0 unspecified atom stereocenters. The average Bonchev–Trinajstić information content (AvgIpc) is 3.19. The highest BCUT2D eigenvalue weighted by Crippen LogP contribution is 2.26. The summed E-state index contributed by atoms with van der Waals surface area (Å²) in [6, 6.07) is 13.0. The Balaban J connectivity index is 1.67. The predicted octanol–water partition coefficient (Wildman–Crippen LogP) is 4.68. The Morgan fingerprint density at radius 2 is 1.96 bits per heavy atom. The fraction of sp³-hybridized carbons (Fsp3) is 0.111. The number of hydrazone groups is 1. The summed E-state index contributed by atoms with van der Waals surface area (Å²) < 4.78 is 11.9. The van der Waals surface area contributed by atoms with Gasteiger partial charge in [-0.25, -0.2) is 5.43 Å². The number of nitrogens with one attached hydrogen (secondary N) is 1. The molecule has 0 saturated heterocycles. The Morgan fingerprint density at radius 1 is 1.12 bits per heavy atom. The third-order valence-corrected chi connectivity index (χ3v) is 4.26. The topological polar surface area (TPSA) is 67.7 Å². The number of aryl methyl sites for hydroxylation is 2. The van der Waals surface area contributed by atoms with Crippen molar-refractivity contribution in [3.05, 3.63) is 69.8 Å². The number of carbonyl (C=O) groups is 1. The highest BCUT2D eigenvalue weighted by atomic mass is 79.9. The number of nitrogens with zero attached hydrogens (tertiary/aromatic N) is 1. The second-order valence-corrected chi connectivity index (χ2v) is 6.13. The second kappa shape index (κ2) is 6.88. The van der Waals surface area contributed by atoms with Crippen LogP contribution in [0.5, 0.6) is 0 Å². The van der Waals surface area contributed by atoms with Crippen LogP contribution in [0.2, 0.25) is 0 Å². The average molecular weight is 387 g/mol. The minimum absolute atomic E-state index is 0.217. The van der Waals surface area contributed by atoms with E-state index in [4.69, 9.17) is 8.83 Å². The van der Waals surface area contributed by atoms with Gasteiger partial charge in [0.15, 0.2) is 5.76 Å². The summed E-state index contributed by atoms with van der Waals surface area (Å²) in [5.74, 6) is 1.75. The quantitative estimate of drug-likeness (QED) is 0.522. The van der Waals surface area contributed by atoms with Gasteiger partial charge in [-0.15, -0.1) is 0 Å². The largest absolute Gasteiger partial charge is 0.456 e. The normalized spacial score (nSPS) is 11.1. The first-order valence-corrected chi connectivity index (χ1v) is 8.08. The van der Waals surface area contributed by atoms with E-state index in [1.807, 2.05) is 31.2 Å². The summed E-state index contributed by atoms with van der Waals surface area (Å²) >= 11 is 3.51. The van der Waals surface area contributed by atoms with E-state index in [1.165, 1.54) is 6.21 Å². The van der Waals surface area contributed by atoms with E-state index in [0.29, 0.717) is 11.5 Å². The Hall–Kier alpha value is -2.60. The molecule has 0 fully saturated rings. The van der Waals surface area contributed by atoms with Gasteiger partial charge in [-0.3, -0.25) is 4.79 Å². The molecule has 1 N–H and O–H groups in total. The number of rotatable bonds is 4. The van der Waals surface area contributed by atoms with Crippen molar-refractivity contribution >= 4 is 28.1 Å². The van der Waals surface area contributed by atoms with Crippen LogP contribution in [0.25, 0.3) is 11.3 Å². The molecule has 2 aromatic heterocycles. The molecule has 0 saturated carbocycles. The van der Waals surface area contributed by atoms with Crippen molar-refractivity contribution in [2.45, 2.75) is 13.8 Å². The van der Waals surface area contributed by atoms with E-state index in [0.717, 1.165) is 21.4 Å². The molecule has 2 heterocycles. The SMILES string of the molecule is Cc1ccc(C(=O)N/N=C\c2ccc(-c3ccc(C)c(Br)c3)o2)o1. The zero-order valence-electron chi connectivity index (χ0n) is 13.2. The summed E-state index contributed by atoms with van der Waals surface area (Å²) in [7, 11) is 0. The number of amides is 1. The van der Waals surface area contributed by atoms with Crippen LogP contribution < -0.4 is 5.43 Å². The first-order chi connectivity index (χ1) is 11.5. The van der Waals surface area contributed by atoms with E-state index < -0.39 is 5.91 Å². The molecule has 0 atom stereocenters. The Bertz CT molecular complexity index is 909. The maximum Gasteiger partial charge on any atom is 0.307 e. The van der Waals surface area contributed by atoms with Gasteiger partial charge in [0, 0.05) is 10.0 Å². The standard InChI is InChI=1S/C18H15BrN2O3/c1-11-3-5-13(9-15(11)19)16-8-6-14(24-16)10-20-21-18(22)17-7-4-12(2)23-17/h3-10H,1-2H3,(H,21,22)/b20-10-. The van der Waals surface area contributed by atoms with Crippen LogP contribution in [0, 0.1) is 13.8 Å². The summed E-state index contributed by atoms with van der Waals surface area (Å²) in [6.45, 7) is 3.80. The zero-order chi connectivity index (χ0) is 17.1. The van der Waals surface area contributed by atoms with Crippen LogP contribution in [0.4, 0.5) is 0 Å². The molecule has 0 spiro atoms. The molecule has 0 aliphatic rings. The van der Waals surface area contributed by atoms with Crippen LogP contribution >= 0.6 is 15.9 Å². The molecule has 0 aliphatic heterocycles. The van der Waals surface area contributed by atoms with Gasteiger partial charge < -0.3 is 8.83 Å².